The summed E-state index contributed by atoms with van der Waals surface area (Å²) in [4.78, 5) is 11.2. The van der Waals surface area contributed by atoms with Gasteiger partial charge in [0.1, 0.15) is 0 Å². The van der Waals surface area contributed by atoms with Crippen LogP contribution in [-0.4, -0.2) is 47.4 Å². The molecule has 0 aromatic carbocycles. The van der Waals surface area contributed by atoms with E-state index in [0.717, 1.165) is 6.42 Å². The Kier molecular flexibility index (Phi) is 7.56. The Hall–Kier alpha value is -1.24. The van der Waals surface area contributed by atoms with E-state index < -0.39 is 13.6 Å². The maximum Gasteiger partial charge on any atom is 0.360 e. The van der Waals surface area contributed by atoms with E-state index in [9.17, 15) is 9.36 Å². The van der Waals surface area contributed by atoms with Crippen LogP contribution in [0.2, 0.25) is 0 Å². The van der Waals surface area contributed by atoms with Gasteiger partial charge in [-0.3, -0.25) is 9.25 Å². The zero-order chi connectivity index (χ0) is 15.7. The second-order valence-corrected chi connectivity index (χ2v) is 6.42. The minimum absolute atomic E-state index is 0.173. The van der Waals surface area contributed by atoms with Crippen LogP contribution in [0.1, 0.15) is 37.2 Å². The number of aryl methyl sites for hydroxylation is 1. The van der Waals surface area contributed by atoms with E-state index in [1.807, 2.05) is 0 Å². The molecule has 0 amide bonds. The number of esters is 1. The number of hydrogen-bond donors (Lipinski definition) is 0. The van der Waals surface area contributed by atoms with Crippen LogP contribution >= 0.6 is 7.60 Å². The lowest BCUT2D eigenvalue weighted by molar-refractivity contribution is 0.0594. The number of aromatic nitrogens is 3. The van der Waals surface area contributed by atoms with Crippen LogP contribution in [0.5, 0.6) is 0 Å². The summed E-state index contributed by atoms with van der Waals surface area (Å²) in [5, 5.41) is 7.53. The average Bonchev–Trinajstić information content (AvgIpc) is 2.92. The smallest absolute Gasteiger partial charge is 0.360 e. The lowest BCUT2D eigenvalue weighted by Gasteiger charge is -2.16. The standard InChI is InChI=1S/C12H22N3O5P/c1-4-19-21(17,20-5-2)9-7-6-8-15-10-11(13-14-15)12(16)18-3/h10H,4-9H2,1-3H3. The minimum Gasteiger partial charge on any atom is -0.464 e. The molecule has 1 aromatic rings. The van der Waals surface area contributed by atoms with Gasteiger partial charge in [-0.2, -0.15) is 0 Å². The second kappa shape index (κ2) is 8.92. The predicted octanol–water partition coefficient (Wildman–Crippen LogP) is 2.11. The maximum absolute atomic E-state index is 12.2. The lowest BCUT2D eigenvalue weighted by Crippen LogP contribution is -2.03. The first-order valence-electron chi connectivity index (χ1n) is 6.91. The first-order valence-corrected chi connectivity index (χ1v) is 8.64. The van der Waals surface area contributed by atoms with Crippen molar-refractivity contribution in [2.45, 2.75) is 33.2 Å². The highest BCUT2D eigenvalue weighted by atomic mass is 31.2. The fourth-order valence-corrected chi connectivity index (χ4v) is 3.48. The number of methoxy groups -OCH3 is 1. The molecule has 0 aliphatic carbocycles. The Bertz CT molecular complexity index is 481. The number of nitrogens with zero attached hydrogens (tertiary/aromatic N) is 3. The van der Waals surface area contributed by atoms with E-state index in [1.165, 1.54) is 13.3 Å². The molecule has 0 atom stereocenters. The topological polar surface area (TPSA) is 92.5 Å². The molecule has 0 unspecified atom stereocenters. The van der Waals surface area contributed by atoms with Crippen molar-refractivity contribution in [3.63, 3.8) is 0 Å². The predicted molar refractivity (Wildman–Crippen MR) is 76.3 cm³/mol. The van der Waals surface area contributed by atoms with Gasteiger partial charge in [0.05, 0.1) is 32.7 Å². The normalized spacial score (nSPS) is 11.6. The van der Waals surface area contributed by atoms with Gasteiger partial charge in [-0.05, 0) is 26.7 Å². The van der Waals surface area contributed by atoms with E-state index >= 15 is 0 Å². The first-order chi connectivity index (χ1) is 10.0. The molecule has 1 aromatic heterocycles. The molecule has 0 aliphatic heterocycles. The summed E-state index contributed by atoms with van der Waals surface area (Å²) in [7, 11) is -1.68. The zero-order valence-electron chi connectivity index (χ0n) is 12.7. The number of unbranched alkanes of at least 4 members (excludes halogenated alkanes) is 1. The average molecular weight is 319 g/mol. The fraction of sp³-hybridized carbons (Fsp3) is 0.750. The summed E-state index contributed by atoms with van der Waals surface area (Å²) < 4.78 is 28.7. The highest BCUT2D eigenvalue weighted by molar-refractivity contribution is 7.53. The molecule has 0 fully saturated rings. The molecule has 0 N–H and O–H groups in total. The SMILES string of the molecule is CCOP(=O)(CCCCn1cc(C(=O)OC)nn1)OCC. The molecule has 0 spiro atoms. The summed E-state index contributed by atoms with van der Waals surface area (Å²) in [5.41, 5.74) is 0.173. The van der Waals surface area contributed by atoms with Crippen LogP contribution in [0.15, 0.2) is 6.20 Å². The summed E-state index contributed by atoms with van der Waals surface area (Å²) >= 11 is 0. The molecule has 0 bridgehead atoms. The van der Waals surface area contributed by atoms with Crippen molar-refractivity contribution in [3.8, 4) is 0 Å². The Morgan fingerprint density at radius 1 is 1.29 bits per heavy atom. The van der Waals surface area contributed by atoms with E-state index in [4.69, 9.17) is 9.05 Å². The van der Waals surface area contributed by atoms with Crippen LogP contribution in [0, 0.1) is 0 Å². The van der Waals surface area contributed by atoms with Crippen molar-refractivity contribution < 1.29 is 23.1 Å². The summed E-state index contributed by atoms with van der Waals surface area (Å²) in [6.07, 6.45) is 3.29. The monoisotopic (exact) mass is 319 g/mol. The number of rotatable bonds is 10. The molecule has 8 nitrogen and oxygen atoms in total. The third-order valence-corrected chi connectivity index (χ3v) is 4.82. The molecule has 1 heterocycles. The van der Waals surface area contributed by atoms with Gasteiger partial charge in [-0.1, -0.05) is 5.21 Å². The third-order valence-electron chi connectivity index (χ3n) is 2.65. The molecular weight excluding hydrogens is 297 g/mol. The number of carbonyl (C=O) groups is 1. The van der Waals surface area contributed by atoms with E-state index in [0.29, 0.717) is 32.3 Å². The van der Waals surface area contributed by atoms with Crippen LogP contribution in [-0.2, 0) is 24.9 Å². The van der Waals surface area contributed by atoms with Crippen LogP contribution in [0.25, 0.3) is 0 Å². The van der Waals surface area contributed by atoms with Crippen LogP contribution in [0.3, 0.4) is 0 Å². The minimum atomic E-state index is -2.98. The summed E-state index contributed by atoms with van der Waals surface area (Å²) in [6.45, 7) is 4.87. The Labute approximate surface area is 124 Å². The maximum atomic E-state index is 12.2. The zero-order valence-corrected chi connectivity index (χ0v) is 13.5. The number of ether oxygens (including phenoxy) is 1. The molecular formula is C12H22N3O5P. The van der Waals surface area contributed by atoms with Crippen molar-refractivity contribution in [2.24, 2.45) is 0 Å². The second-order valence-electron chi connectivity index (χ2n) is 4.24. The van der Waals surface area contributed by atoms with Crippen molar-refractivity contribution >= 4 is 13.6 Å². The summed E-state index contributed by atoms with van der Waals surface area (Å²) in [6, 6.07) is 0. The molecule has 9 heteroatoms. The van der Waals surface area contributed by atoms with E-state index in [2.05, 4.69) is 15.0 Å². The van der Waals surface area contributed by atoms with E-state index in [1.54, 1.807) is 18.5 Å². The van der Waals surface area contributed by atoms with Crippen LogP contribution in [0.4, 0.5) is 0 Å². The van der Waals surface area contributed by atoms with Gasteiger partial charge < -0.3 is 13.8 Å². The molecule has 0 saturated carbocycles. The number of carbonyl (C=O) groups excluding carboxylic acids is 1. The molecule has 120 valence electrons. The quantitative estimate of drug-likeness (QED) is 0.370. The fourth-order valence-electron chi connectivity index (χ4n) is 1.74. The van der Waals surface area contributed by atoms with Crippen molar-refractivity contribution in [1.82, 2.24) is 15.0 Å². The van der Waals surface area contributed by atoms with Crippen molar-refractivity contribution in [1.29, 1.82) is 0 Å². The Morgan fingerprint density at radius 3 is 2.52 bits per heavy atom. The highest BCUT2D eigenvalue weighted by Crippen LogP contribution is 2.48. The van der Waals surface area contributed by atoms with Gasteiger partial charge in [0.25, 0.3) is 0 Å². The first kappa shape index (κ1) is 17.8. The Morgan fingerprint density at radius 2 is 1.95 bits per heavy atom. The van der Waals surface area contributed by atoms with Gasteiger partial charge in [0, 0.05) is 6.54 Å². The third kappa shape index (κ3) is 5.95. The highest BCUT2D eigenvalue weighted by Gasteiger charge is 2.22. The van der Waals surface area contributed by atoms with Crippen molar-refractivity contribution in [3.05, 3.63) is 11.9 Å². The lowest BCUT2D eigenvalue weighted by atomic mass is 10.3. The molecule has 1 rings (SSSR count). The molecule has 0 saturated heterocycles. The molecule has 0 aliphatic rings. The van der Waals surface area contributed by atoms with Gasteiger partial charge >= 0.3 is 13.6 Å². The number of hydrogen-bond acceptors (Lipinski definition) is 7. The van der Waals surface area contributed by atoms with Gasteiger partial charge in [0.2, 0.25) is 0 Å². The van der Waals surface area contributed by atoms with Crippen molar-refractivity contribution in [2.75, 3.05) is 26.5 Å². The van der Waals surface area contributed by atoms with Gasteiger partial charge in [-0.25, -0.2) is 4.79 Å². The largest absolute Gasteiger partial charge is 0.464 e. The Balaban J connectivity index is 2.37. The van der Waals surface area contributed by atoms with Gasteiger partial charge in [0.15, 0.2) is 5.69 Å². The van der Waals surface area contributed by atoms with E-state index in [-0.39, 0.29) is 5.69 Å². The van der Waals surface area contributed by atoms with Crippen LogP contribution < -0.4 is 0 Å². The molecule has 21 heavy (non-hydrogen) atoms. The van der Waals surface area contributed by atoms with Gasteiger partial charge in [-0.15, -0.1) is 5.10 Å². The summed E-state index contributed by atoms with van der Waals surface area (Å²) in [5.74, 6) is -0.515. The molecule has 0 radical (unpaired) electrons.